The highest BCUT2D eigenvalue weighted by Gasteiger charge is 2.90. The molecule has 0 bridgehead atoms. The van der Waals surface area contributed by atoms with Crippen molar-refractivity contribution in [2.45, 2.75) is 38.4 Å². The summed E-state index contributed by atoms with van der Waals surface area (Å²) in [6, 6.07) is 0. The van der Waals surface area contributed by atoms with Gasteiger partial charge in [0.15, 0.2) is 0 Å². The van der Waals surface area contributed by atoms with Crippen LogP contribution in [0.1, 0.15) is 33.6 Å². The summed E-state index contributed by atoms with van der Waals surface area (Å²) < 4.78 is 0.345. The molecule has 0 aromatic carbocycles. The van der Waals surface area contributed by atoms with Crippen LogP contribution in [0.15, 0.2) is 11.1 Å². The topological polar surface area (TPSA) is 0 Å². The Labute approximate surface area is 91.6 Å². The summed E-state index contributed by atoms with van der Waals surface area (Å²) >= 11 is 4.92. The molecule has 0 aliphatic heterocycles. The van der Waals surface area contributed by atoms with E-state index in [1.165, 1.54) is 12.8 Å². The zero-order chi connectivity index (χ0) is 9.88. The Balaban J connectivity index is 1.86. The molecule has 0 nitrogen and oxygen atoms in total. The zero-order valence-corrected chi connectivity index (χ0v) is 10.1. The van der Waals surface area contributed by atoms with Gasteiger partial charge in [-0.3, -0.25) is 0 Å². The van der Waals surface area contributed by atoms with E-state index in [2.05, 4.69) is 20.8 Å². The Kier molecular flexibility index (Phi) is 1.10. The molecule has 0 radical (unpaired) electrons. The van der Waals surface area contributed by atoms with Gasteiger partial charge in [0, 0.05) is 4.75 Å². The van der Waals surface area contributed by atoms with Crippen molar-refractivity contribution in [3.63, 3.8) is 0 Å². The summed E-state index contributed by atoms with van der Waals surface area (Å²) in [5, 5.41) is 0. The van der Waals surface area contributed by atoms with Gasteiger partial charge >= 0.3 is 0 Å². The Bertz CT molecular complexity index is 379. The molecule has 76 valence electrons. The molecule has 1 heteroatoms. The Morgan fingerprint density at radius 1 is 1.21 bits per heavy atom. The van der Waals surface area contributed by atoms with Crippen molar-refractivity contribution in [2.24, 2.45) is 29.1 Å². The van der Waals surface area contributed by atoms with Crippen molar-refractivity contribution < 1.29 is 0 Å². The first-order chi connectivity index (χ1) is 6.53. The highest BCUT2D eigenvalue weighted by atomic mass is 32.1. The number of allylic oxidation sites excluding steroid dienone is 2. The molecule has 6 unspecified atom stereocenters. The van der Waals surface area contributed by atoms with Crippen molar-refractivity contribution in [1.29, 1.82) is 0 Å². The van der Waals surface area contributed by atoms with E-state index >= 15 is 0 Å². The number of thiol groups is 1. The van der Waals surface area contributed by atoms with Gasteiger partial charge in [-0.25, -0.2) is 0 Å². The Morgan fingerprint density at radius 2 is 1.86 bits per heavy atom. The van der Waals surface area contributed by atoms with Crippen molar-refractivity contribution in [1.82, 2.24) is 0 Å². The quantitative estimate of drug-likeness (QED) is 0.456. The van der Waals surface area contributed by atoms with E-state index in [4.69, 9.17) is 12.6 Å². The van der Waals surface area contributed by atoms with Gasteiger partial charge in [0.05, 0.1) is 0 Å². The molecule has 0 heterocycles. The molecular formula is C13H18S. The van der Waals surface area contributed by atoms with Gasteiger partial charge in [-0.2, -0.15) is 12.6 Å². The molecule has 0 aromatic heterocycles. The SMILES string of the molecule is CC1=C(C)C2C3C(C)(S)CCC4C1C423. The number of fused-ring (bicyclic) bond motifs is 2. The standard InChI is InChI=1S/C13H18S/c1-6-7(2)10-11-12(3,14)5-4-8-9(6)13(8,10)11/h8-11,14H,4-5H2,1-3H3. The fourth-order valence-electron chi connectivity index (χ4n) is 5.49. The Hall–Kier alpha value is 0.0900. The number of hydrogen-bond acceptors (Lipinski definition) is 1. The minimum Gasteiger partial charge on any atom is -0.172 e. The lowest BCUT2D eigenvalue weighted by Gasteiger charge is -2.27. The first-order valence-electron chi connectivity index (χ1n) is 5.92. The van der Waals surface area contributed by atoms with Crippen molar-refractivity contribution in [3.05, 3.63) is 11.1 Å². The summed E-state index contributed by atoms with van der Waals surface area (Å²) in [6.07, 6.45) is 2.79. The highest BCUT2D eigenvalue weighted by Crippen LogP contribution is 2.94. The van der Waals surface area contributed by atoms with Gasteiger partial charge in [-0.1, -0.05) is 18.1 Å². The zero-order valence-electron chi connectivity index (χ0n) is 9.17. The summed E-state index contributed by atoms with van der Waals surface area (Å²) in [7, 11) is 0. The molecule has 4 rings (SSSR count). The molecule has 3 fully saturated rings. The smallest absolute Gasteiger partial charge is 0.0141 e. The molecule has 1 spiro atoms. The van der Waals surface area contributed by atoms with Gasteiger partial charge in [-0.15, -0.1) is 0 Å². The summed E-state index contributed by atoms with van der Waals surface area (Å²) in [6.45, 7) is 7.13. The first kappa shape index (κ1) is 8.27. The van der Waals surface area contributed by atoms with E-state index in [1.807, 2.05) is 0 Å². The lowest BCUT2D eigenvalue weighted by Crippen LogP contribution is -2.25. The fourth-order valence-corrected chi connectivity index (χ4v) is 5.99. The number of rotatable bonds is 0. The molecule has 3 saturated carbocycles. The maximum Gasteiger partial charge on any atom is 0.0141 e. The molecule has 6 atom stereocenters. The summed E-state index contributed by atoms with van der Waals surface area (Å²) in [4.78, 5) is 0. The van der Waals surface area contributed by atoms with Crippen molar-refractivity contribution >= 4 is 12.6 Å². The van der Waals surface area contributed by atoms with E-state index in [1.54, 1.807) is 11.1 Å². The van der Waals surface area contributed by atoms with Crippen LogP contribution in [-0.4, -0.2) is 4.75 Å². The first-order valence-corrected chi connectivity index (χ1v) is 6.37. The molecule has 0 aromatic rings. The van der Waals surface area contributed by atoms with Gasteiger partial charge in [0.25, 0.3) is 0 Å². The van der Waals surface area contributed by atoms with E-state index in [0.29, 0.717) is 4.75 Å². The second-order valence-electron chi connectivity index (χ2n) is 6.30. The molecule has 4 aliphatic rings. The third kappa shape index (κ3) is 0.548. The highest BCUT2D eigenvalue weighted by molar-refractivity contribution is 7.81. The predicted octanol–water partition coefficient (Wildman–Crippen LogP) is 3.30. The minimum atomic E-state index is 0.345. The van der Waals surface area contributed by atoms with Crippen LogP contribution in [0.4, 0.5) is 0 Å². The van der Waals surface area contributed by atoms with Crippen LogP contribution in [0.25, 0.3) is 0 Å². The third-order valence-corrected chi connectivity index (χ3v) is 6.46. The average Bonchev–Trinajstić information content (AvgIpc) is 2.93. The summed E-state index contributed by atoms with van der Waals surface area (Å²) in [5.74, 6) is 3.95. The van der Waals surface area contributed by atoms with E-state index in [9.17, 15) is 0 Å². The second-order valence-corrected chi connectivity index (χ2v) is 7.32. The molecule has 0 amide bonds. The molecule has 0 N–H and O–H groups in total. The average molecular weight is 206 g/mol. The van der Waals surface area contributed by atoms with Gasteiger partial charge in [-0.05, 0) is 55.8 Å². The lowest BCUT2D eigenvalue weighted by molar-refractivity contribution is 0.392. The van der Waals surface area contributed by atoms with Crippen LogP contribution in [0, 0.1) is 29.1 Å². The van der Waals surface area contributed by atoms with Crippen molar-refractivity contribution in [3.8, 4) is 0 Å². The van der Waals surface area contributed by atoms with Crippen LogP contribution in [0.5, 0.6) is 0 Å². The maximum atomic E-state index is 4.92. The van der Waals surface area contributed by atoms with Gasteiger partial charge < -0.3 is 0 Å². The van der Waals surface area contributed by atoms with Crippen LogP contribution < -0.4 is 0 Å². The van der Waals surface area contributed by atoms with Crippen molar-refractivity contribution in [2.75, 3.05) is 0 Å². The van der Waals surface area contributed by atoms with E-state index < -0.39 is 0 Å². The monoisotopic (exact) mass is 206 g/mol. The van der Waals surface area contributed by atoms with Crippen LogP contribution in [0.2, 0.25) is 0 Å². The normalized spacial score (nSPS) is 67.7. The molecular weight excluding hydrogens is 188 g/mol. The largest absolute Gasteiger partial charge is 0.172 e. The van der Waals surface area contributed by atoms with Gasteiger partial charge in [0.1, 0.15) is 0 Å². The molecule has 0 saturated heterocycles. The fraction of sp³-hybridized carbons (Fsp3) is 0.846. The molecule has 14 heavy (non-hydrogen) atoms. The lowest BCUT2D eigenvalue weighted by atomic mass is 9.89. The van der Waals surface area contributed by atoms with Crippen LogP contribution in [0.3, 0.4) is 0 Å². The summed E-state index contributed by atoms with van der Waals surface area (Å²) in [5.41, 5.74) is 4.25. The van der Waals surface area contributed by atoms with Crippen LogP contribution >= 0.6 is 12.6 Å². The van der Waals surface area contributed by atoms with E-state index in [-0.39, 0.29) is 0 Å². The number of hydrogen-bond donors (Lipinski definition) is 1. The predicted molar refractivity (Wildman–Crippen MR) is 61.4 cm³/mol. The van der Waals surface area contributed by atoms with Gasteiger partial charge in [0.2, 0.25) is 0 Å². The Morgan fingerprint density at radius 3 is 2.57 bits per heavy atom. The minimum absolute atomic E-state index is 0.345. The van der Waals surface area contributed by atoms with E-state index in [0.717, 1.165) is 29.1 Å². The third-order valence-electron chi connectivity index (χ3n) is 5.96. The maximum absolute atomic E-state index is 4.92. The second kappa shape index (κ2) is 1.86. The van der Waals surface area contributed by atoms with Crippen LogP contribution in [-0.2, 0) is 0 Å². The molecule has 4 aliphatic carbocycles.